The van der Waals surface area contributed by atoms with Gasteiger partial charge >= 0.3 is 5.69 Å². The van der Waals surface area contributed by atoms with E-state index in [1.54, 1.807) is 54.6 Å². The molecule has 0 amide bonds. The molecule has 0 spiro atoms. The fourth-order valence-corrected chi connectivity index (χ4v) is 3.61. The van der Waals surface area contributed by atoms with Crippen molar-refractivity contribution >= 4 is 16.6 Å². The molecule has 0 bridgehead atoms. The number of hydrogen-bond acceptors (Lipinski definition) is 6. The molecule has 0 atom stereocenters. The van der Waals surface area contributed by atoms with E-state index < -0.39 is 16.2 Å². The van der Waals surface area contributed by atoms with E-state index in [0.29, 0.717) is 28.0 Å². The Kier molecular flexibility index (Phi) is 5.46. The molecular formula is C23H19N3O6. The van der Waals surface area contributed by atoms with E-state index in [9.17, 15) is 19.7 Å². The SMILES string of the molecule is COc1ccc(-n2c(=O)c3ccccc3n(Cc3cccc([N+](=O)[O-])c3)c2=O)c(OC)c1. The molecule has 9 heteroatoms. The van der Waals surface area contributed by atoms with Gasteiger partial charge in [-0.05, 0) is 29.8 Å². The maximum atomic E-state index is 13.6. The van der Waals surface area contributed by atoms with Gasteiger partial charge in [-0.3, -0.25) is 19.5 Å². The zero-order chi connectivity index (χ0) is 22.8. The van der Waals surface area contributed by atoms with Crippen molar-refractivity contribution in [3.8, 4) is 17.2 Å². The van der Waals surface area contributed by atoms with Crippen LogP contribution in [0.5, 0.6) is 11.5 Å². The predicted molar refractivity (Wildman–Crippen MR) is 119 cm³/mol. The van der Waals surface area contributed by atoms with Crippen LogP contribution in [0, 0.1) is 10.1 Å². The molecule has 0 aliphatic rings. The summed E-state index contributed by atoms with van der Waals surface area (Å²) in [6.07, 6.45) is 0. The Morgan fingerprint density at radius 1 is 0.938 bits per heavy atom. The molecular weight excluding hydrogens is 414 g/mol. The third kappa shape index (κ3) is 3.60. The van der Waals surface area contributed by atoms with Crippen LogP contribution in [-0.4, -0.2) is 28.3 Å². The number of nitrogens with zero attached hydrogens (tertiary/aromatic N) is 3. The number of fused-ring (bicyclic) bond motifs is 1. The fourth-order valence-electron chi connectivity index (χ4n) is 3.61. The summed E-state index contributed by atoms with van der Waals surface area (Å²) in [6, 6.07) is 17.6. The first-order valence-electron chi connectivity index (χ1n) is 9.65. The first-order chi connectivity index (χ1) is 15.4. The first-order valence-corrected chi connectivity index (χ1v) is 9.65. The van der Waals surface area contributed by atoms with Crippen molar-refractivity contribution in [1.82, 2.24) is 9.13 Å². The lowest BCUT2D eigenvalue weighted by molar-refractivity contribution is -0.384. The molecule has 0 fully saturated rings. The normalized spacial score (nSPS) is 10.8. The van der Waals surface area contributed by atoms with Crippen molar-refractivity contribution in [1.29, 1.82) is 0 Å². The Labute approximate surface area is 181 Å². The van der Waals surface area contributed by atoms with Gasteiger partial charge in [0, 0.05) is 18.2 Å². The zero-order valence-electron chi connectivity index (χ0n) is 17.3. The highest BCUT2D eigenvalue weighted by Crippen LogP contribution is 2.26. The number of non-ortho nitro benzene ring substituents is 1. The molecule has 0 saturated heterocycles. The zero-order valence-corrected chi connectivity index (χ0v) is 17.3. The molecule has 0 N–H and O–H groups in total. The summed E-state index contributed by atoms with van der Waals surface area (Å²) in [7, 11) is 2.94. The summed E-state index contributed by atoms with van der Waals surface area (Å²) in [4.78, 5) is 37.5. The van der Waals surface area contributed by atoms with Crippen molar-refractivity contribution in [3.05, 3.63) is 103 Å². The summed E-state index contributed by atoms with van der Waals surface area (Å²) in [6.45, 7) is 0.0414. The van der Waals surface area contributed by atoms with Crippen molar-refractivity contribution in [3.63, 3.8) is 0 Å². The van der Waals surface area contributed by atoms with E-state index in [1.165, 1.54) is 30.9 Å². The van der Waals surface area contributed by atoms with Gasteiger partial charge in [-0.1, -0.05) is 24.3 Å². The lowest BCUT2D eigenvalue weighted by atomic mass is 10.1. The minimum absolute atomic E-state index is 0.0414. The number of rotatable bonds is 6. The van der Waals surface area contributed by atoms with Gasteiger partial charge in [0.05, 0.1) is 42.3 Å². The van der Waals surface area contributed by atoms with Crippen LogP contribution in [0.1, 0.15) is 5.56 Å². The topological polar surface area (TPSA) is 106 Å². The van der Waals surface area contributed by atoms with Crippen LogP contribution in [0.2, 0.25) is 0 Å². The molecule has 1 heterocycles. The van der Waals surface area contributed by atoms with Gasteiger partial charge in [-0.15, -0.1) is 0 Å². The average molecular weight is 433 g/mol. The lowest BCUT2D eigenvalue weighted by Gasteiger charge is -2.16. The van der Waals surface area contributed by atoms with Crippen LogP contribution >= 0.6 is 0 Å². The van der Waals surface area contributed by atoms with Gasteiger partial charge < -0.3 is 9.47 Å². The first kappa shape index (κ1) is 20.9. The smallest absolute Gasteiger partial charge is 0.336 e. The molecule has 0 aliphatic heterocycles. The van der Waals surface area contributed by atoms with Gasteiger partial charge in [0.15, 0.2) is 0 Å². The molecule has 0 radical (unpaired) electrons. The highest BCUT2D eigenvalue weighted by atomic mass is 16.6. The fraction of sp³-hybridized carbons (Fsp3) is 0.130. The Bertz CT molecular complexity index is 1450. The maximum absolute atomic E-state index is 13.6. The summed E-state index contributed by atoms with van der Waals surface area (Å²) >= 11 is 0. The quantitative estimate of drug-likeness (QED) is 0.342. The van der Waals surface area contributed by atoms with E-state index >= 15 is 0 Å². The monoisotopic (exact) mass is 433 g/mol. The summed E-state index contributed by atoms with van der Waals surface area (Å²) < 4.78 is 13.1. The van der Waals surface area contributed by atoms with Crippen LogP contribution in [0.15, 0.2) is 76.3 Å². The minimum atomic E-state index is -0.594. The molecule has 4 aromatic rings. The second kappa shape index (κ2) is 8.38. The Morgan fingerprint density at radius 2 is 1.72 bits per heavy atom. The highest BCUT2D eigenvalue weighted by Gasteiger charge is 2.18. The van der Waals surface area contributed by atoms with Crippen molar-refractivity contribution in [2.75, 3.05) is 14.2 Å². The number of nitro groups is 1. The maximum Gasteiger partial charge on any atom is 0.336 e. The number of nitro benzene ring substituents is 1. The van der Waals surface area contributed by atoms with Crippen LogP contribution in [-0.2, 0) is 6.54 Å². The van der Waals surface area contributed by atoms with Gasteiger partial charge in [-0.25, -0.2) is 9.36 Å². The summed E-state index contributed by atoms with van der Waals surface area (Å²) in [5, 5.41) is 11.5. The Balaban J connectivity index is 2.00. The summed E-state index contributed by atoms with van der Waals surface area (Å²) in [5.41, 5.74) is 0.0796. The van der Waals surface area contributed by atoms with E-state index in [0.717, 1.165) is 4.57 Å². The molecule has 162 valence electrons. The molecule has 1 aromatic heterocycles. The molecule has 0 aliphatic carbocycles. The van der Waals surface area contributed by atoms with E-state index in [-0.39, 0.29) is 17.9 Å². The van der Waals surface area contributed by atoms with Gasteiger partial charge in [-0.2, -0.15) is 0 Å². The Hall–Kier alpha value is -4.40. The molecule has 4 rings (SSSR count). The Morgan fingerprint density at radius 3 is 2.44 bits per heavy atom. The van der Waals surface area contributed by atoms with E-state index in [1.807, 2.05) is 0 Å². The molecule has 0 saturated carbocycles. The van der Waals surface area contributed by atoms with Crippen LogP contribution in [0.4, 0.5) is 5.69 Å². The predicted octanol–water partition coefficient (Wildman–Crippen LogP) is 3.13. The standard InChI is InChI=1S/C23H19N3O6/c1-31-17-10-11-20(21(13-17)32-2)25-22(27)18-8-3-4-9-19(18)24(23(25)28)14-15-6-5-7-16(12-15)26(29)30/h3-13H,14H2,1-2H3. The van der Waals surface area contributed by atoms with Gasteiger partial charge in [0.25, 0.3) is 11.2 Å². The van der Waals surface area contributed by atoms with Crippen molar-refractivity contribution in [2.45, 2.75) is 6.54 Å². The average Bonchev–Trinajstić information content (AvgIpc) is 2.82. The van der Waals surface area contributed by atoms with Gasteiger partial charge in [0.2, 0.25) is 0 Å². The van der Waals surface area contributed by atoms with Crippen molar-refractivity contribution < 1.29 is 14.4 Å². The molecule has 3 aromatic carbocycles. The number of methoxy groups -OCH3 is 2. The highest BCUT2D eigenvalue weighted by molar-refractivity contribution is 5.78. The largest absolute Gasteiger partial charge is 0.497 e. The van der Waals surface area contributed by atoms with Crippen LogP contribution < -0.4 is 20.7 Å². The van der Waals surface area contributed by atoms with Gasteiger partial charge in [0.1, 0.15) is 11.5 Å². The number of para-hydroxylation sites is 1. The second-order valence-corrected chi connectivity index (χ2v) is 6.99. The van der Waals surface area contributed by atoms with Crippen LogP contribution in [0.25, 0.3) is 16.6 Å². The number of benzene rings is 3. The molecule has 9 nitrogen and oxygen atoms in total. The second-order valence-electron chi connectivity index (χ2n) is 6.99. The number of aromatic nitrogens is 2. The third-order valence-corrected chi connectivity index (χ3v) is 5.14. The number of hydrogen-bond donors (Lipinski definition) is 0. The van der Waals surface area contributed by atoms with Crippen LogP contribution in [0.3, 0.4) is 0 Å². The lowest BCUT2D eigenvalue weighted by Crippen LogP contribution is -2.39. The third-order valence-electron chi connectivity index (χ3n) is 5.14. The summed E-state index contributed by atoms with van der Waals surface area (Å²) in [5.74, 6) is 0.803. The van der Waals surface area contributed by atoms with Crippen molar-refractivity contribution in [2.24, 2.45) is 0 Å². The van der Waals surface area contributed by atoms with E-state index in [2.05, 4.69) is 0 Å². The minimum Gasteiger partial charge on any atom is -0.497 e. The molecule has 0 unspecified atom stereocenters. The molecule has 32 heavy (non-hydrogen) atoms. The number of ether oxygens (including phenoxy) is 2. The van der Waals surface area contributed by atoms with E-state index in [4.69, 9.17) is 9.47 Å².